The Morgan fingerprint density at radius 1 is 0.900 bits per heavy atom. The zero-order valence-electron chi connectivity index (χ0n) is 31.4. The third-order valence-corrected chi connectivity index (χ3v) is 4.21. The van der Waals surface area contributed by atoms with Gasteiger partial charge in [0.25, 0.3) is 0 Å². The molecule has 0 spiro atoms. The largest absolute Gasteiger partial charge is 0.455 e. The number of aromatic nitrogens is 1. The number of para-hydroxylation sites is 2. The van der Waals surface area contributed by atoms with Crippen LogP contribution in [-0.4, -0.2) is 4.98 Å². The molecule has 0 amide bonds. The van der Waals surface area contributed by atoms with Gasteiger partial charge in [-0.05, 0) is 52.7 Å². The van der Waals surface area contributed by atoms with E-state index >= 15 is 0 Å². The smallest absolute Gasteiger partial charge is 0.144 e. The number of nitrogens with zero attached hydrogens (tertiary/aromatic N) is 1. The molecule has 0 aliphatic heterocycles. The van der Waals surface area contributed by atoms with E-state index in [4.69, 9.17) is 25.0 Å². The second-order valence-corrected chi connectivity index (χ2v) is 7.66. The van der Waals surface area contributed by atoms with E-state index in [2.05, 4.69) is 4.98 Å². The van der Waals surface area contributed by atoms with Crippen LogP contribution < -0.4 is 0 Å². The van der Waals surface area contributed by atoms with Gasteiger partial charge in [0.05, 0.1) is 23.5 Å². The van der Waals surface area contributed by atoms with Gasteiger partial charge in [-0.1, -0.05) is 75.2 Å². The number of fused-ring (bicyclic) bond motifs is 3. The van der Waals surface area contributed by atoms with Crippen LogP contribution in [0, 0.1) is 5.41 Å². The Morgan fingerprint density at radius 2 is 1.67 bits per heavy atom. The summed E-state index contributed by atoms with van der Waals surface area (Å²) in [5.41, 5.74) is -3.80. The van der Waals surface area contributed by atoms with Crippen LogP contribution in [0.2, 0.25) is 0 Å². The average Bonchev–Trinajstić information content (AvgIpc) is 3.36. The molecule has 0 saturated carbocycles. The molecule has 0 bridgehead atoms. The molecule has 0 atom stereocenters. The quantitative estimate of drug-likeness (QED) is 0.304. The number of rotatable bonds is 3. The molecule has 3 aromatic carbocycles. The molecular formula is C28H25NO. The van der Waals surface area contributed by atoms with Gasteiger partial charge >= 0.3 is 0 Å². The van der Waals surface area contributed by atoms with E-state index in [-0.39, 0.29) is 27.5 Å². The van der Waals surface area contributed by atoms with Crippen LogP contribution in [0.15, 0.2) is 89.2 Å². The van der Waals surface area contributed by atoms with Crippen molar-refractivity contribution in [3.63, 3.8) is 0 Å². The molecule has 0 radical (unpaired) electrons. The molecule has 30 heavy (non-hydrogen) atoms. The van der Waals surface area contributed by atoms with E-state index in [0.29, 0.717) is 0 Å². The maximum Gasteiger partial charge on any atom is 0.144 e. The Morgan fingerprint density at radius 3 is 2.47 bits per heavy atom. The van der Waals surface area contributed by atoms with Crippen molar-refractivity contribution in [1.29, 1.82) is 0 Å². The minimum Gasteiger partial charge on any atom is -0.455 e. The van der Waals surface area contributed by atoms with Crippen LogP contribution >= 0.6 is 0 Å². The Hall–Kier alpha value is -3.39. The maximum absolute atomic E-state index is 9.04. The average molecular weight is 407 g/mol. The van der Waals surface area contributed by atoms with Crippen LogP contribution in [0.25, 0.3) is 44.3 Å². The molecule has 0 aliphatic rings. The highest BCUT2D eigenvalue weighted by atomic mass is 16.3. The number of hydrogen-bond donors (Lipinski definition) is 0. The molecule has 0 saturated heterocycles. The first-order chi connectivity index (χ1) is 20.7. The summed E-state index contributed by atoms with van der Waals surface area (Å²) in [7, 11) is 0. The van der Waals surface area contributed by atoms with Crippen molar-refractivity contribution < 1.29 is 25.0 Å². The Kier molecular flexibility index (Phi) is 2.00. The van der Waals surface area contributed by atoms with Crippen molar-refractivity contribution >= 4 is 21.9 Å². The fraction of sp³-hybridized carbons (Fsp3) is 0.179. The molecule has 148 valence electrons. The van der Waals surface area contributed by atoms with Crippen LogP contribution in [0.4, 0.5) is 0 Å². The predicted molar refractivity (Wildman–Crippen MR) is 126 cm³/mol. The third kappa shape index (κ3) is 3.50. The van der Waals surface area contributed by atoms with E-state index in [1.54, 1.807) is 20.8 Å². The molecule has 0 aliphatic carbocycles. The van der Waals surface area contributed by atoms with Crippen molar-refractivity contribution in [3.05, 3.63) is 90.3 Å². The van der Waals surface area contributed by atoms with Crippen LogP contribution in [-0.2, 0) is 6.37 Å². The van der Waals surface area contributed by atoms with Gasteiger partial charge in [-0.3, -0.25) is 4.98 Å². The van der Waals surface area contributed by atoms with E-state index in [0.717, 1.165) is 6.07 Å². The highest BCUT2D eigenvalue weighted by molar-refractivity contribution is 6.09. The third-order valence-electron chi connectivity index (χ3n) is 4.21. The van der Waals surface area contributed by atoms with E-state index in [1.165, 1.54) is 0 Å². The van der Waals surface area contributed by atoms with Crippen molar-refractivity contribution in [2.75, 3.05) is 0 Å². The SMILES string of the molecule is [2H]c1cc(-c2nc([2H])c([2H])c(-c3c([2H])c([2H])c(C([2H])([2H])C(C)(C)C)c([2H])c3[2H])c2[2H])c2oc3c([2H])c([2H])c([2H])c([2H])c3c2c1[2H]. The molecule has 0 N–H and O–H groups in total. The highest BCUT2D eigenvalue weighted by Crippen LogP contribution is 2.36. The summed E-state index contributed by atoms with van der Waals surface area (Å²) in [6.07, 6.45) is -3.05. The van der Waals surface area contributed by atoms with Gasteiger partial charge in [0.15, 0.2) is 0 Å². The number of furan rings is 1. The van der Waals surface area contributed by atoms with Gasteiger partial charge < -0.3 is 4.42 Å². The molecule has 0 unspecified atom stereocenters. The minimum atomic E-state index is -2.32. The van der Waals surface area contributed by atoms with Crippen molar-refractivity contribution in [1.82, 2.24) is 4.98 Å². The van der Waals surface area contributed by atoms with Gasteiger partial charge in [0.2, 0.25) is 0 Å². The molecule has 2 nitrogen and oxygen atoms in total. The first-order valence-electron chi connectivity index (χ1n) is 16.7. The summed E-state index contributed by atoms with van der Waals surface area (Å²) in [5.74, 6) is 0. The Labute approximate surface area is 198 Å². The van der Waals surface area contributed by atoms with E-state index in [9.17, 15) is 0 Å². The monoisotopic (exact) mass is 406 g/mol. The molecule has 2 aromatic heterocycles. The van der Waals surface area contributed by atoms with Gasteiger partial charge in [-0.2, -0.15) is 0 Å². The van der Waals surface area contributed by atoms with Crippen molar-refractivity contribution in [3.8, 4) is 22.4 Å². The lowest BCUT2D eigenvalue weighted by atomic mass is 9.87. The zero-order valence-corrected chi connectivity index (χ0v) is 16.4. The van der Waals surface area contributed by atoms with Gasteiger partial charge in [0, 0.05) is 25.3 Å². The van der Waals surface area contributed by atoms with Crippen LogP contribution in [0.5, 0.6) is 0 Å². The maximum atomic E-state index is 9.04. The van der Waals surface area contributed by atoms with E-state index in [1.807, 2.05) is 0 Å². The fourth-order valence-corrected chi connectivity index (χ4v) is 3.00. The molecule has 2 heteroatoms. The summed E-state index contributed by atoms with van der Waals surface area (Å²) in [6.45, 7) is 4.63. The number of hydrogen-bond acceptors (Lipinski definition) is 2. The lowest BCUT2D eigenvalue weighted by Gasteiger charge is -2.18. The first kappa shape index (κ1) is 8.39. The lowest BCUT2D eigenvalue weighted by Crippen LogP contribution is -2.08. The van der Waals surface area contributed by atoms with Crippen molar-refractivity contribution in [2.24, 2.45) is 5.41 Å². The normalized spacial score (nSPS) is 19.5. The number of pyridine rings is 1. The van der Waals surface area contributed by atoms with Crippen molar-refractivity contribution in [2.45, 2.75) is 27.1 Å². The molecule has 2 heterocycles. The second-order valence-electron chi connectivity index (χ2n) is 7.66. The van der Waals surface area contributed by atoms with Gasteiger partial charge in [-0.25, -0.2) is 0 Å². The van der Waals surface area contributed by atoms with E-state index < -0.39 is 113 Å². The Balaban J connectivity index is 1.92. The molecule has 5 rings (SSSR count). The predicted octanol–water partition coefficient (Wildman–Crippen LogP) is 7.90. The fourth-order valence-electron chi connectivity index (χ4n) is 3.00. The van der Waals surface area contributed by atoms with Crippen LogP contribution in [0.1, 0.15) is 46.9 Å². The van der Waals surface area contributed by atoms with Gasteiger partial charge in [0.1, 0.15) is 11.2 Å². The zero-order chi connectivity index (χ0) is 33.8. The lowest BCUT2D eigenvalue weighted by molar-refractivity contribution is 0.411. The highest BCUT2D eigenvalue weighted by Gasteiger charge is 2.14. The first-order valence-corrected chi connectivity index (χ1v) is 9.18. The standard InChI is InChI=1S/C28H25NO/c1-28(2,3)18-19-11-13-20(14-12-19)21-15-16-29-25(17-21)24-9-6-8-23-22-7-4-5-10-26(22)30-27(23)24/h4-17H,18H2,1-3H3/i4D,5D,6D,7D,8D,10D,11D,12D,13D,14D,15D,16D,17D,18D2. The summed E-state index contributed by atoms with van der Waals surface area (Å²) < 4.78 is 133. The topological polar surface area (TPSA) is 26.0 Å². The summed E-state index contributed by atoms with van der Waals surface area (Å²) >= 11 is 0. The Bertz CT molecular complexity index is 2080. The summed E-state index contributed by atoms with van der Waals surface area (Å²) in [4.78, 5) is 4.04. The molecule has 0 fully saturated rings. The molecular weight excluding hydrogens is 366 g/mol. The van der Waals surface area contributed by atoms with Crippen LogP contribution in [0.3, 0.4) is 0 Å². The summed E-state index contributed by atoms with van der Waals surface area (Å²) in [5, 5.41) is -0.337. The molecule has 5 aromatic rings. The minimum absolute atomic E-state index is 0.165. The van der Waals surface area contributed by atoms with Gasteiger partial charge in [-0.15, -0.1) is 0 Å². The summed E-state index contributed by atoms with van der Waals surface area (Å²) in [6, 6.07) is -6.30. The number of benzene rings is 3. The second kappa shape index (κ2) is 7.14.